The number of pyridine rings is 1. The number of benzene rings is 2. The van der Waals surface area contributed by atoms with Crippen LogP contribution in [0.25, 0.3) is 10.9 Å². The molecule has 0 spiro atoms. The van der Waals surface area contributed by atoms with Gasteiger partial charge >= 0.3 is 5.97 Å². The molecule has 0 aliphatic carbocycles. The van der Waals surface area contributed by atoms with Gasteiger partial charge in [0.2, 0.25) is 0 Å². The summed E-state index contributed by atoms with van der Waals surface area (Å²) in [6.45, 7) is 1.85. The number of carboxylic acid groups (broad SMARTS) is 1. The van der Waals surface area contributed by atoms with E-state index in [9.17, 15) is 14.7 Å². The van der Waals surface area contributed by atoms with Crippen molar-refractivity contribution in [2.24, 2.45) is 0 Å². The Morgan fingerprint density at radius 1 is 1.19 bits per heavy atom. The summed E-state index contributed by atoms with van der Waals surface area (Å²) in [6.07, 6.45) is 1.27. The summed E-state index contributed by atoms with van der Waals surface area (Å²) in [6, 6.07) is 13.7. The maximum Gasteiger partial charge on any atom is 0.305 e. The predicted molar refractivity (Wildman–Crippen MR) is 100 cm³/mol. The highest BCUT2D eigenvalue weighted by Gasteiger charge is 2.21. The van der Waals surface area contributed by atoms with Crippen molar-refractivity contribution in [1.29, 1.82) is 0 Å². The molecule has 6 heteroatoms. The third-order valence-corrected chi connectivity index (χ3v) is 4.46. The SMILES string of the molecule is Cc1c(C(=O)NC(CC(=O)O)c2cccc(Cl)c2)cnc2ccccc12. The number of hydrogen-bond acceptors (Lipinski definition) is 3. The zero-order valence-electron chi connectivity index (χ0n) is 14.1. The zero-order chi connectivity index (χ0) is 18.7. The Hall–Kier alpha value is -2.92. The van der Waals surface area contributed by atoms with E-state index in [1.165, 1.54) is 6.20 Å². The van der Waals surface area contributed by atoms with Crippen molar-refractivity contribution >= 4 is 34.4 Å². The number of rotatable bonds is 5. The van der Waals surface area contributed by atoms with Gasteiger partial charge in [0.1, 0.15) is 0 Å². The van der Waals surface area contributed by atoms with Crippen LogP contribution in [0.1, 0.15) is 33.9 Å². The van der Waals surface area contributed by atoms with E-state index < -0.39 is 12.0 Å². The first kappa shape index (κ1) is 17.9. The van der Waals surface area contributed by atoms with Crippen molar-refractivity contribution < 1.29 is 14.7 Å². The average molecular weight is 369 g/mol. The minimum absolute atomic E-state index is 0.244. The van der Waals surface area contributed by atoms with Crippen LogP contribution in [-0.2, 0) is 4.79 Å². The van der Waals surface area contributed by atoms with E-state index in [0.717, 1.165) is 16.5 Å². The van der Waals surface area contributed by atoms with Crippen molar-refractivity contribution in [3.63, 3.8) is 0 Å². The van der Waals surface area contributed by atoms with Crippen LogP contribution in [0.3, 0.4) is 0 Å². The van der Waals surface area contributed by atoms with Crippen molar-refractivity contribution in [2.45, 2.75) is 19.4 Å². The van der Waals surface area contributed by atoms with Crippen LogP contribution in [-0.4, -0.2) is 22.0 Å². The highest BCUT2D eigenvalue weighted by atomic mass is 35.5. The summed E-state index contributed by atoms with van der Waals surface area (Å²) in [4.78, 5) is 28.3. The molecule has 2 aromatic carbocycles. The molecule has 0 fully saturated rings. The van der Waals surface area contributed by atoms with Gasteiger partial charge in [0.25, 0.3) is 5.91 Å². The number of para-hydroxylation sites is 1. The Morgan fingerprint density at radius 2 is 1.96 bits per heavy atom. The predicted octanol–water partition coefficient (Wildman–Crippen LogP) is 4.14. The number of carbonyl (C=O) groups excluding carboxylic acids is 1. The molecule has 1 heterocycles. The van der Waals surface area contributed by atoms with Crippen LogP contribution in [0.15, 0.2) is 54.7 Å². The number of carbonyl (C=O) groups is 2. The van der Waals surface area contributed by atoms with E-state index in [1.54, 1.807) is 24.3 Å². The van der Waals surface area contributed by atoms with Gasteiger partial charge in [-0.2, -0.15) is 0 Å². The number of hydrogen-bond donors (Lipinski definition) is 2. The van der Waals surface area contributed by atoms with Gasteiger partial charge in [-0.1, -0.05) is 41.9 Å². The number of aliphatic carboxylic acids is 1. The van der Waals surface area contributed by atoms with E-state index >= 15 is 0 Å². The minimum atomic E-state index is -1.01. The molecule has 0 aliphatic rings. The summed E-state index contributed by atoms with van der Waals surface area (Å²) >= 11 is 6.00. The largest absolute Gasteiger partial charge is 0.481 e. The number of halogens is 1. The van der Waals surface area contributed by atoms with Crippen molar-refractivity contribution in [3.05, 3.63) is 76.4 Å². The Bertz CT molecular complexity index is 988. The molecule has 1 aromatic heterocycles. The summed E-state index contributed by atoms with van der Waals surface area (Å²) in [5, 5.41) is 13.4. The first-order chi connectivity index (χ1) is 12.5. The molecular formula is C20H17ClN2O3. The number of fused-ring (bicyclic) bond motifs is 1. The maximum atomic E-state index is 12.8. The van der Waals surface area contributed by atoms with E-state index in [-0.39, 0.29) is 12.3 Å². The maximum absolute atomic E-state index is 12.8. The van der Waals surface area contributed by atoms with Gasteiger partial charge in [0.15, 0.2) is 0 Å². The summed E-state index contributed by atoms with van der Waals surface area (Å²) in [5.41, 5.74) is 2.66. The molecule has 1 amide bonds. The fraction of sp³-hybridized carbons (Fsp3) is 0.150. The second-order valence-electron chi connectivity index (χ2n) is 5.99. The fourth-order valence-corrected chi connectivity index (χ4v) is 3.09. The Balaban J connectivity index is 1.93. The lowest BCUT2D eigenvalue weighted by molar-refractivity contribution is -0.137. The second kappa shape index (κ2) is 7.54. The molecule has 1 unspecified atom stereocenters. The van der Waals surface area contributed by atoms with Crippen molar-refractivity contribution in [1.82, 2.24) is 10.3 Å². The van der Waals surface area contributed by atoms with Crippen molar-refractivity contribution in [2.75, 3.05) is 0 Å². The Labute approximate surface area is 155 Å². The molecule has 0 saturated heterocycles. The molecule has 26 heavy (non-hydrogen) atoms. The lowest BCUT2D eigenvalue weighted by Crippen LogP contribution is -2.30. The number of nitrogens with one attached hydrogen (secondary N) is 1. The first-order valence-electron chi connectivity index (χ1n) is 8.08. The Kier molecular flexibility index (Phi) is 5.19. The molecule has 132 valence electrons. The molecule has 0 radical (unpaired) electrons. The molecule has 0 bridgehead atoms. The van der Waals surface area contributed by atoms with Crippen LogP contribution in [0.5, 0.6) is 0 Å². The van der Waals surface area contributed by atoms with E-state index in [4.69, 9.17) is 11.6 Å². The number of carboxylic acids is 1. The van der Waals surface area contributed by atoms with Gasteiger partial charge in [-0.15, -0.1) is 0 Å². The molecule has 3 aromatic rings. The summed E-state index contributed by atoms with van der Waals surface area (Å²) in [5.74, 6) is -1.38. The monoisotopic (exact) mass is 368 g/mol. The molecular weight excluding hydrogens is 352 g/mol. The lowest BCUT2D eigenvalue weighted by atomic mass is 10.0. The number of aromatic nitrogens is 1. The van der Waals surface area contributed by atoms with Gasteiger partial charge in [-0.3, -0.25) is 14.6 Å². The summed E-state index contributed by atoms with van der Waals surface area (Å²) < 4.78 is 0. The van der Waals surface area contributed by atoms with Crippen LogP contribution in [0.4, 0.5) is 0 Å². The molecule has 0 saturated carbocycles. The normalized spacial score (nSPS) is 11.9. The van der Waals surface area contributed by atoms with Crippen molar-refractivity contribution in [3.8, 4) is 0 Å². The van der Waals surface area contributed by atoms with E-state index in [2.05, 4.69) is 10.3 Å². The number of aryl methyl sites for hydroxylation is 1. The van der Waals surface area contributed by atoms with Gasteiger partial charge in [-0.25, -0.2) is 0 Å². The standard InChI is InChI=1S/C20H17ClN2O3/c1-12-15-7-2-3-8-17(15)22-11-16(12)20(26)23-18(10-19(24)25)13-5-4-6-14(21)9-13/h2-9,11,18H,10H2,1H3,(H,23,26)(H,24,25). The number of amides is 1. The summed E-state index contributed by atoms with van der Waals surface area (Å²) in [7, 11) is 0. The third-order valence-electron chi connectivity index (χ3n) is 4.22. The van der Waals surface area contributed by atoms with Gasteiger partial charge in [0, 0.05) is 16.6 Å². The lowest BCUT2D eigenvalue weighted by Gasteiger charge is -2.18. The zero-order valence-corrected chi connectivity index (χ0v) is 14.8. The molecule has 3 rings (SSSR count). The van der Waals surface area contributed by atoms with Gasteiger partial charge in [-0.05, 0) is 36.2 Å². The van der Waals surface area contributed by atoms with Crippen LogP contribution in [0, 0.1) is 6.92 Å². The molecule has 1 atom stereocenters. The molecule has 5 nitrogen and oxygen atoms in total. The van der Waals surface area contributed by atoms with Crippen LogP contribution >= 0.6 is 11.6 Å². The smallest absolute Gasteiger partial charge is 0.305 e. The second-order valence-corrected chi connectivity index (χ2v) is 6.43. The highest BCUT2D eigenvalue weighted by molar-refractivity contribution is 6.30. The van der Waals surface area contributed by atoms with Crippen LogP contribution < -0.4 is 5.32 Å². The third kappa shape index (κ3) is 3.83. The van der Waals surface area contributed by atoms with Gasteiger partial charge in [0.05, 0.1) is 23.5 Å². The first-order valence-corrected chi connectivity index (χ1v) is 8.46. The molecule has 0 aliphatic heterocycles. The van der Waals surface area contributed by atoms with Crippen LogP contribution in [0.2, 0.25) is 5.02 Å². The number of nitrogens with zero attached hydrogens (tertiary/aromatic N) is 1. The average Bonchev–Trinajstić information content (AvgIpc) is 2.61. The topological polar surface area (TPSA) is 79.3 Å². The Morgan fingerprint density at radius 3 is 2.69 bits per heavy atom. The quantitative estimate of drug-likeness (QED) is 0.709. The minimum Gasteiger partial charge on any atom is -0.481 e. The highest BCUT2D eigenvalue weighted by Crippen LogP contribution is 2.23. The van der Waals surface area contributed by atoms with Gasteiger partial charge < -0.3 is 10.4 Å². The van der Waals surface area contributed by atoms with E-state index in [1.807, 2.05) is 31.2 Å². The van der Waals surface area contributed by atoms with E-state index in [0.29, 0.717) is 16.1 Å². The fourth-order valence-electron chi connectivity index (χ4n) is 2.89. The molecule has 2 N–H and O–H groups in total.